The topological polar surface area (TPSA) is 102 Å². The quantitative estimate of drug-likeness (QED) is 0.726. The van der Waals surface area contributed by atoms with Gasteiger partial charge in [0.2, 0.25) is 5.91 Å². The Kier molecular flexibility index (Phi) is 4.81. The van der Waals surface area contributed by atoms with Gasteiger partial charge in [0.05, 0.1) is 25.2 Å². The Balaban J connectivity index is 2.13. The van der Waals surface area contributed by atoms with E-state index in [1.54, 1.807) is 34.6 Å². The van der Waals surface area contributed by atoms with Crippen LogP contribution >= 0.6 is 0 Å². The molecule has 0 aromatic carbocycles. The predicted octanol–water partition coefficient (Wildman–Crippen LogP) is 1.57. The molecule has 1 N–H and O–H groups in total. The standard InChI is InChI=1S/C20H27NO7/c1-7-20-13(23)8-11(9-22)14(15(20)12-10-26-19(5,6)27-12)16(24)21(20)17(25)28-18(2,3)4/h7-8,12,14-15,22H,1,9-10H2,2-6H3/t12-,14-,15-,20+/m1/s1. The molecule has 28 heavy (non-hydrogen) atoms. The molecule has 2 heterocycles. The number of aliphatic hydroxyl groups excluding tert-OH is 1. The van der Waals surface area contributed by atoms with Crippen molar-refractivity contribution in [3.05, 3.63) is 24.3 Å². The Morgan fingerprint density at radius 1 is 1.43 bits per heavy atom. The number of ketones is 1. The SMILES string of the molecule is C=C[C@@]12C(=O)C=C(CO)[C@@H](C(=O)N1C(=O)OC(C)(C)C)[C@H]2[C@H]1COC(C)(C)O1. The Morgan fingerprint density at radius 2 is 2.07 bits per heavy atom. The first kappa shape index (κ1) is 20.7. The lowest BCUT2D eigenvalue weighted by atomic mass is 9.67. The lowest BCUT2D eigenvalue weighted by molar-refractivity contribution is -0.152. The Bertz CT molecular complexity index is 763. The minimum Gasteiger partial charge on any atom is -0.443 e. The van der Waals surface area contributed by atoms with Gasteiger partial charge in [-0.1, -0.05) is 6.08 Å². The highest BCUT2D eigenvalue weighted by Gasteiger charge is 2.69. The van der Waals surface area contributed by atoms with Crippen LogP contribution in [0.4, 0.5) is 4.79 Å². The van der Waals surface area contributed by atoms with E-state index in [0.29, 0.717) is 0 Å². The van der Waals surface area contributed by atoms with Crippen molar-refractivity contribution >= 4 is 17.8 Å². The van der Waals surface area contributed by atoms with Crippen molar-refractivity contribution in [3.63, 3.8) is 0 Å². The average Bonchev–Trinajstić information content (AvgIpc) is 3.02. The van der Waals surface area contributed by atoms with Gasteiger partial charge in [-0.2, -0.15) is 0 Å². The second-order valence-corrected chi connectivity index (χ2v) is 8.80. The number of hydrogen-bond acceptors (Lipinski definition) is 7. The van der Waals surface area contributed by atoms with Crippen LogP contribution in [-0.2, 0) is 23.8 Å². The summed E-state index contributed by atoms with van der Waals surface area (Å²) in [5.74, 6) is -3.70. The van der Waals surface area contributed by atoms with Gasteiger partial charge in [0, 0.05) is 5.92 Å². The molecular weight excluding hydrogens is 366 g/mol. The summed E-state index contributed by atoms with van der Waals surface area (Å²) in [5.41, 5.74) is -2.27. The highest BCUT2D eigenvalue weighted by molar-refractivity contribution is 6.14. The number of carbonyl (C=O) groups is 3. The second-order valence-electron chi connectivity index (χ2n) is 8.80. The normalized spacial score (nSPS) is 34.4. The predicted molar refractivity (Wildman–Crippen MR) is 98.1 cm³/mol. The Morgan fingerprint density at radius 3 is 2.54 bits per heavy atom. The highest BCUT2D eigenvalue weighted by atomic mass is 16.7. The van der Waals surface area contributed by atoms with Crippen molar-refractivity contribution < 1.29 is 33.7 Å². The lowest BCUT2D eigenvalue weighted by Crippen LogP contribution is -2.59. The van der Waals surface area contributed by atoms with Crippen molar-refractivity contribution in [3.8, 4) is 0 Å². The zero-order valence-corrected chi connectivity index (χ0v) is 16.9. The molecule has 0 aromatic rings. The number of ether oxygens (including phenoxy) is 3. The maximum absolute atomic E-state index is 13.3. The number of carbonyl (C=O) groups excluding carboxylic acids is 3. The molecule has 8 heteroatoms. The fraction of sp³-hybridized carbons (Fsp3) is 0.650. The lowest BCUT2D eigenvalue weighted by Gasteiger charge is -2.41. The minimum absolute atomic E-state index is 0.144. The van der Waals surface area contributed by atoms with Gasteiger partial charge in [-0.15, -0.1) is 6.58 Å². The zero-order chi connectivity index (χ0) is 21.1. The summed E-state index contributed by atoms with van der Waals surface area (Å²) >= 11 is 0. The molecule has 0 radical (unpaired) electrons. The number of nitrogens with zero attached hydrogens (tertiary/aromatic N) is 1. The van der Waals surface area contributed by atoms with Crippen LogP contribution in [0.1, 0.15) is 34.6 Å². The van der Waals surface area contributed by atoms with Crippen molar-refractivity contribution in [1.29, 1.82) is 0 Å². The van der Waals surface area contributed by atoms with Crippen molar-refractivity contribution in [2.24, 2.45) is 11.8 Å². The molecule has 1 aliphatic carbocycles. The molecule has 154 valence electrons. The number of imide groups is 1. The summed E-state index contributed by atoms with van der Waals surface area (Å²) in [7, 11) is 0. The molecule has 3 aliphatic rings. The van der Waals surface area contributed by atoms with Crippen LogP contribution in [0, 0.1) is 11.8 Å². The fourth-order valence-electron chi connectivity index (χ4n) is 4.33. The van der Waals surface area contributed by atoms with Crippen molar-refractivity contribution in [2.45, 2.75) is 57.6 Å². The van der Waals surface area contributed by atoms with Gasteiger partial charge in [-0.3, -0.25) is 9.59 Å². The molecule has 2 amide bonds. The van der Waals surface area contributed by atoms with Crippen LogP contribution in [0.5, 0.6) is 0 Å². The third-order valence-corrected chi connectivity index (χ3v) is 5.34. The molecule has 2 fully saturated rings. The van der Waals surface area contributed by atoms with Crippen LogP contribution < -0.4 is 0 Å². The summed E-state index contributed by atoms with van der Waals surface area (Å²) in [5, 5.41) is 9.77. The average molecular weight is 393 g/mol. The van der Waals surface area contributed by atoms with Gasteiger partial charge >= 0.3 is 6.09 Å². The van der Waals surface area contributed by atoms with E-state index >= 15 is 0 Å². The van der Waals surface area contributed by atoms with E-state index in [2.05, 4.69) is 6.58 Å². The molecule has 2 saturated heterocycles. The van der Waals surface area contributed by atoms with Gasteiger partial charge in [-0.05, 0) is 46.3 Å². The maximum atomic E-state index is 13.3. The first-order valence-corrected chi connectivity index (χ1v) is 9.26. The molecule has 0 unspecified atom stereocenters. The smallest absolute Gasteiger partial charge is 0.418 e. The van der Waals surface area contributed by atoms with E-state index in [9.17, 15) is 19.5 Å². The highest BCUT2D eigenvalue weighted by Crippen LogP contribution is 2.52. The molecular formula is C20H27NO7. The van der Waals surface area contributed by atoms with Crippen molar-refractivity contribution in [2.75, 3.05) is 13.2 Å². The van der Waals surface area contributed by atoms with Gasteiger partial charge in [0.15, 0.2) is 11.6 Å². The van der Waals surface area contributed by atoms with E-state index in [1.165, 1.54) is 12.2 Å². The zero-order valence-electron chi connectivity index (χ0n) is 16.9. The van der Waals surface area contributed by atoms with Crippen LogP contribution in [0.15, 0.2) is 24.3 Å². The summed E-state index contributed by atoms with van der Waals surface area (Å²) in [6.07, 6.45) is 0.963. The number of fused-ring (bicyclic) bond motifs is 2. The maximum Gasteiger partial charge on any atom is 0.418 e. The fourth-order valence-corrected chi connectivity index (χ4v) is 4.33. The van der Waals surface area contributed by atoms with Gasteiger partial charge < -0.3 is 19.3 Å². The largest absolute Gasteiger partial charge is 0.443 e. The summed E-state index contributed by atoms with van der Waals surface area (Å²) in [6, 6.07) is 0. The molecule has 0 saturated carbocycles. The Hall–Kier alpha value is -2.03. The van der Waals surface area contributed by atoms with E-state index < -0.39 is 59.3 Å². The van der Waals surface area contributed by atoms with Gasteiger partial charge in [0.25, 0.3) is 0 Å². The first-order valence-electron chi connectivity index (χ1n) is 9.26. The van der Waals surface area contributed by atoms with E-state index in [0.717, 1.165) is 4.90 Å². The van der Waals surface area contributed by atoms with Crippen LogP contribution in [-0.4, -0.2) is 64.0 Å². The molecule has 2 aliphatic heterocycles. The summed E-state index contributed by atoms with van der Waals surface area (Å²) in [6.45, 7) is 11.9. The number of aliphatic hydroxyl groups is 1. The van der Waals surface area contributed by atoms with Crippen LogP contribution in [0.2, 0.25) is 0 Å². The van der Waals surface area contributed by atoms with Gasteiger partial charge in [0.1, 0.15) is 11.1 Å². The van der Waals surface area contributed by atoms with E-state index in [-0.39, 0.29) is 12.2 Å². The number of likely N-dealkylation sites (tertiary alicyclic amines) is 1. The number of hydrogen-bond donors (Lipinski definition) is 1. The van der Waals surface area contributed by atoms with E-state index in [4.69, 9.17) is 14.2 Å². The molecule has 0 spiro atoms. The Labute approximate surface area is 164 Å². The molecule has 3 rings (SSSR count). The summed E-state index contributed by atoms with van der Waals surface area (Å²) < 4.78 is 17.0. The molecule has 0 aromatic heterocycles. The molecule has 4 atom stereocenters. The third-order valence-electron chi connectivity index (χ3n) is 5.34. The van der Waals surface area contributed by atoms with Gasteiger partial charge in [-0.25, -0.2) is 9.69 Å². The first-order chi connectivity index (χ1) is 12.9. The molecule has 2 bridgehead atoms. The van der Waals surface area contributed by atoms with E-state index in [1.807, 2.05) is 0 Å². The third kappa shape index (κ3) is 3.00. The number of amides is 2. The monoisotopic (exact) mass is 393 g/mol. The summed E-state index contributed by atoms with van der Waals surface area (Å²) in [4.78, 5) is 40.2. The van der Waals surface area contributed by atoms with Crippen LogP contribution in [0.25, 0.3) is 0 Å². The molecule has 8 nitrogen and oxygen atoms in total. The minimum atomic E-state index is -1.66. The van der Waals surface area contributed by atoms with Crippen molar-refractivity contribution in [1.82, 2.24) is 4.90 Å². The second kappa shape index (κ2) is 6.50. The number of rotatable bonds is 3. The van der Waals surface area contributed by atoms with Crippen LogP contribution in [0.3, 0.4) is 0 Å².